The van der Waals surface area contributed by atoms with Crippen molar-refractivity contribution in [1.82, 2.24) is 9.97 Å². The largest absolute Gasteiger partial charge is 0.326 e. The van der Waals surface area contributed by atoms with Gasteiger partial charge in [-0.15, -0.1) is 0 Å². The molecule has 1 amide bonds. The van der Waals surface area contributed by atoms with Crippen molar-refractivity contribution in [3.63, 3.8) is 0 Å². The number of aromatic nitrogens is 2. The van der Waals surface area contributed by atoms with Gasteiger partial charge >= 0.3 is 0 Å². The van der Waals surface area contributed by atoms with Crippen LogP contribution in [0.4, 0.5) is 10.1 Å². The zero-order valence-corrected chi connectivity index (χ0v) is 15.8. The minimum atomic E-state index is -0.675. The summed E-state index contributed by atoms with van der Waals surface area (Å²) in [7, 11) is 0. The van der Waals surface area contributed by atoms with Gasteiger partial charge in [0, 0.05) is 16.7 Å². The number of hydrogen-bond acceptors (Lipinski definition) is 4. The molecule has 0 unspecified atom stereocenters. The van der Waals surface area contributed by atoms with Crippen LogP contribution in [0.25, 0.3) is 11.0 Å². The molecule has 3 aromatic rings. The van der Waals surface area contributed by atoms with E-state index in [-0.39, 0.29) is 22.2 Å². The Morgan fingerprint density at radius 2 is 1.81 bits per heavy atom. The van der Waals surface area contributed by atoms with Gasteiger partial charge in [0.25, 0.3) is 0 Å². The monoisotopic (exact) mass is 385 g/mol. The smallest absolute Gasteiger partial charge is 0.229 e. The van der Waals surface area contributed by atoms with Gasteiger partial charge in [0.15, 0.2) is 5.78 Å². The molecule has 0 bridgehead atoms. The van der Waals surface area contributed by atoms with Crippen molar-refractivity contribution < 1.29 is 14.0 Å². The van der Waals surface area contributed by atoms with Crippen LogP contribution in [0.5, 0.6) is 0 Å². The SMILES string of the molecule is CC(C)(C)C(=O)Nc1ccc(F)c(C(=O)c2ccc3ncc(Cl)nc3c2)c1. The minimum Gasteiger partial charge on any atom is -0.326 e. The van der Waals surface area contributed by atoms with E-state index in [9.17, 15) is 14.0 Å². The van der Waals surface area contributed by atoms with E-state index in [1.165, 1.54) is 24.4 Å². The van der Waals surface area contributed by atoms with Crippen LogP contribution in [-0.2, 0) is 4.79 Å². The molecule has 0 saturated carbocycles. The molecule has 0 saturated heterocycles. The molecule has 1 N–H and O–H groups in total. The second-order valence-corrected chi connectivity index (χ2v) is 7.51. The lowest BCUT2D eigenvalue weighted by molar-refractivity contribution is -0.123. The van der Waals surface area contributed by atoms with Gasteiger partial charge in [0.2, 0.25) is 5.91 Å². The maximum atomic E-state index is 14.3. The maximum Gasteiger partial charge on any atom is 0.229 e. The van der Waals surface area contributed by atoms with E-state index in [1.54, 1.807) is 32.9 Å². The van der Waals surface area contributed by atoms with Crippen molar-refractivity contribution in [3.8, 4) is 0 Å². The highest BCUT2D eigenvalue weighted by Gasteiger charge is 2.22. The van der Waals surface area contributed by atoms with Crippen LogP contribution in [0.2, 0.25) is 5.15 Å². The Bertz CT molecular complexity index is 1060. The molecule has 0 radical (unpaired) electrons. The van der Waals surface area contributed by atoms with Crippen LogP contribution in [0.1, 0.15) is 36.7 Å². The summed E-state index contributed by atoms with van der Waals surface area (Å²) in [5.41, 5.74) is 0.847. The van der Waals surface area contributed by atoms with Crippen molar-refractivity contribution in [2.45, 2.75) is 20.8 Å². The number of nitrogens with zero attached hydrogens (tertiary/aromatic N) is 2. The number of fused-ring (bicyclic) bond motifs is 1. The number of carbonyl (C=O) groups is 2. The first kappa shape index (κ1) is 18.9. The third-order valence-corrected chi connectivity index (χ3v) is 4.11. The summed E-state index contributed by atoms with van der Waals surface area (Å²) >= 11 is 5.84. The van der Waals surface area contributed by atoms with Crippen LogP contribution < -0.4 is 5.32 Å². The normalized spacial score (nSPS) is 11.4. The van der Waals surface area contributed by atoms with Crippen molar-refractivity contribution >= 4 is 40.0 Å². The Balaban J connectivity index is 1.96. The molecule has 0 fully saturated rings. The standard InChI is InChI=1S/C20H17ClFN3O2/c1-20(2,3)19(27)24-12-5-6-14(22)13(9-12)18(26)11-4-7-15-16(8-11)25-17(21)10-23-15/h4-10H,1-3H3,(H,24,27). The average molecular weight is 386 g/mol. The van der Waals surface area contributed by atoms with E-state index < -0.39 is 17.0 Å². The molecule has 0 aliphatic rings. The summed E-state index contributed by atoms with van der Waals surface area (Å²) in [6.07, 6.45) is 1.41. The Morgan fingerprint density at radius 3 is 2.52 bits per heavy atom. The summed E-state index contributed by atoms with van der Waals surface area (Å²) < 4.78 is 14.3. The van der Waals surface area contributed by atoms with Gasteiger partial charge in [-0.05, 0) is 36.4 Å². The molecular formula is C20H17ClFN3O2. The minimum absolute atomic E-state index is 0.143. The first-order valence-electron chi connectivity index (χ1n) is 8.23. The van der Waals surface area contributed by atoms with E-state index in [0.29, 0.717) is 16.7 Å². The third-order valence-electron chi connectivity index (χ3n) is 3.93. The predicted octanol–water partition coefficient (Wildman–Crippen LogP) is 4.64. The Hall–Kier alpha value is -2.86. The summed E-state index contributed by atoms with van der Waals surface area (Å²) in [5, 5.41) is 2.89. The number of halogens is 2. The molecule has 0 aliphatic carbocycles. The Labute approximate surface area is 160 Å². The molecule has 5 nitrogen and oxygen atoms in total. The van der Waals surface area contributed by atoms with Crippen molar-refractivity contribution in [2.75, 3.05) is 5.32 Å². The van der Waals surface area contributed by atoms with E-state index in [0.717, 1.165) is 6.07 Å². The Kier molecular flexibility index (Phi) is 4.93. The van der Waals surface area contributed by atoms with Crippen molar-refractivity contribution in [1.29, 1.82) is 0 Å². The van der Waals surface area contributed by atoms with Crippen LogP contribution in [0, 0.1) is 11.2 Å². The molecule has 7 heteroatoms. The fraction of sp³-hybridized carbons (Fsp3) is 0.200. The average Bonchev–Trinajstić information content (AvgIpc) is 2.61. The number of ketones is 1. The lowest BCUT2D eigenvalue weighted by Crippen LogP contribution is -2.27. The molecule has 0 spiro atoms. The van der Waals surface area contributed by atoms with Gasteiger partial charge in [-0.3, -0.25) is 14.6 Å². The van der Waals surface area contributed by atoms with E-state index in [2.05, 4.69) is 15.3 Å². The van der Waals surface area contributed by atoms with Crippen molar-refractivity contribution in [2.24, 2.45) is 5.41 Å². The van der Waals surface area contributed by atoms with Gasteiger partial charge in [0.05, 0.1) is 22.8 Å². The lowest BCUT2D eigenvalue weighted by atomic mass is 9.95. The first-order valence-corrected chi connectivity index (χ1v) is 8.61. The topological polar surface area (TPSA) is 72.0 Å². The van der Waals surface area contributed by atoms with E-state index >= 15 is 0 Å². The van der Waals surface area contributed by atoms with E-state index in [1.807, 2.05) is 0 Å². The number of amides is 1. The van der Waals surface area contributed by atoms with Crippen LogP contribution in [0.3, 0.4) is 0 Å². The predicted molar refractivity (Wildman–Crippen MR) is 102 cm³/mol. The quantitative estimate of drug-likeness (QED) is 0.667. The molecule has 2 aromatic carbocycles. The Morgan fingerprint density at radius 1 is 1.07 bits per heavy atom. The number of rotatable bonds is 3. The molecule has 27 heavy (non-hydrogen) atoms. The van der Waals surface area contributed by atoms with Gasteiger partial charge in [-0.1, -0.05) is 32.4 Å². The molecule has 1 heterocycles. The number of benzene rings is 2. The lowest BCUT2D eigenvalue weighted by Gasteiger charge is -2.18. The van der Waals surface area contributed by atoms with Gasteiger partial charge < -0.3 is 5.32 Å². The highest BCUT2D eigenvalue weighted by atomic mass is 35.5. The number of anilines is 1. The van der Waals surface area contributed by atoms with Gasteiger partial charge in [0.1, 0.15) is 11.0 Å². The number of nitrogens with one attached hydrogen (secondary N) is 1. The summed E-state index contributed by atoms with van der Waals surface area (Å²) in [4.78, 5) is 33.2. The second kappa shape index (κ2) is 7.04. The van der Waals surface area contributed by atoms with E-state index in [4.69, 9.17) is 11.6 Å². The molecule has 3 rings (SSSR count). The molecule has 0 aliphatic heterocycles. The fourth-order valence-corrected chi connectivity index (χ4v) is 2.52. The first-order chi connectivity index (χ1) is 12.6. The highest BCUT2D eigenvalue weighted by Crippen LogP contribution is 2.23. The maximum absolute atomic E-state index is 14.3. The molecule has 0 atom stereocenters. The highest BCUT2D eigenvalue weighted by molar-refractivity contribution is 6.29. The van der Waals surface area contributed by atoms with Crippen LogP contribution in [-0.4, -0.2) is 21.7 Å². The van der Waals surface area contributed by atoms with Gasteiger partial charge in [-0.2, -0.15) is 0 Å². The summed E-state index contributed by atoms with van der Waals surface area (Å²) in [6.45, 7) is 5.29. The second-order valence-electron chi connectivity index (χ2n) is 7.12. The number of carbonyl (C=O) groups excluding carboxylic acids is 2. The zero-order valence-electron chi connectivity index (χ0n) is 15.0. The summed E-state index contributed by atoms with van der Waals surface area (Å²) in [6, 6.07) is 8.58. The molecule has 138 valence electrons. The fourth-order valence-electron chi connectivity index (χ4n) is 2.38. The molecule has 1 aromatic heterocycles. The van der Waals surface area contributed by atoms with Crippen LogP contribution >= 0.6 is 11.6 Å². The van der Waals surface area contributed by atoms with Gasteiger partial charge in [-0.25, -0.2) is 9.37 Å². The summed E-state index contributed by atoms with van der Waals surface area (Å²) in [5.74, 6) is -1.43. The number of hydrogen-bond donors (Lipinski definition) is 1. The third kappa shape index (κ3) is 4.11. The van der Waals surface area contributed by atoms with Crippen LogP contribution in [0.15, 0.2) is 42.6 Å². The van der Waals surface area contributed by atoms with Crippen molar-refractivity contribution in [3.05, 3.63) is 64.7 Å². The molecular weight excluding hydrogens is 369 g/mol. The zero-order chi connectivity index (χ0) is 19.8.